The van der Waals surface area contributed by atoms with Gasteiger partial charge in [0.05, 0.1) is 12.2 Å². The van der Waals surface area contributed by atoms with E-state index in [0.29, 0.717) is 16.3 Å². The van der Waals surface area contributed by atoms with Crippen molar-refractivity contribution in [2.24, 2.45) is 0 Å². The lowest BCUT2D eigenvalue weighted by Crippen LogP contribution is -2.35. The minimum absolute atomic E-state index is 0.132. The lowest BCUT2D eigenvalue weighted by atomic mass is 10.2. The zero-order chi connectivity index (χ0) is 18.0. The number of hydrogen-bond donors (Lipinski definition) is 0. The summed E-state index contributed by atoms with van der Waals surface area (Å²) < 4.78 is 22.6. The van der Waals surface area contributed by atoms with Gasteiger partial charge < -0.3 is 9.47 Å². The number of rotatable bonds is 4. The van der Waals surface area contributed by atoms with Crippen LogP contribution < -0.4 is 0 Å². The van der Waals surface area contributed by atoms with Gasteiger partial charge in [-0.15, -0.1) is 11.3 Å². The van der Waals surface area contributed by atoms with Gasteiger partial charge in [0.1, 0.15) is 22.3 Å². The van der Waals surface area contributed by atoms with Crippen molar-refractivity contribution in [3.63, 3.8) is 0 Å². The molecule has 0 radical (unpaired) electrons. The van der Waals surface area contributed by atoms with Crippen molar-refractivity contribution in [1.82, 2.24) is 9.88 Å². The highest BCUT2D eigenvalue weighted by molar-refractivity contribution is 7.17. The van der Waals surface area contributed by atoms with Crippen LogP contribution in [0.15, 0.2) is 24.3 Å². The molecule has 3 rings (SSSR count). The number of cyclic esters (lactones) is 1. The fraction of sp³-hybridized carbons (Fsp3) is 0.250. The van der Waals surface area contributed by atoms with E-state index in [1.807, 2.05) is 0 Å². The summed E-state index contributed by atoms with van der Waals surface area (Å²) in [5.41, 5.74) is 1.12. The van der Waals surface area contributed by atoms with Crippen molar-refractivity contribution >= 4 is 29.3 Å². The van der Waals surface area contributed by atoms with Crippen molar-refractivity contribution in [1.29, 1.82) is 0 Å². The molecule has 0 aliphatic carbocycles. The lowest BCUT2D eigenvalue weighted by molar-refractivity contribution is -0.131. The Kier molecular flexibility index (Phi) is 4.75. The first-order chi connectivity index (χ1) is 12.0. The minimum Gasteiger partial charge on any atom is -0.451 e. The molecule has 2 aromatic rings. The van der Waals surface area contributed by atoms with Crippen LogP contribution in [-0.4, -0.2) is 47.6 Å². The fourth-order valence-corrected chi connectivity index (χ4v) is 3.16. The molecule has 0 spiro atoms. The van der Waals surface area contributed by atoms with E-state index in [9.17, 15) is 18.8 Å². The van der Waals surface area contributed by atoms with E-state index >= 15 is 0 Å². The summed E-state index contributed by atoms with van der Waals surface area (Å²) in [5.74, 6) is -1.71. The quantitative estimate of drug-likeness (QED) is 0.775. The van der Waals surface area contributed by atoms with E-state index in [2.05, 4.69) is 9.72 Å². The Morgan fingerprint density at radius 1 is 1.36 bits per heavy atom. The van der Waals surface area contributed by atoms with Gasteiger partial charge in [0.15, 0.2) is 6.61 Å². The SMILES string of the molecule is Cc1nc(-c2ccc(F)cc2)sc1C(=O)OCC(=O)N1CCOC1=O. The molecule has 7 nitrogen and oxygen atoms in total. The number of ether oxygens (including phenoxy) is 2. The molecule has 0 unspecified atom stereocenters. The molecular formula is C16H13FN2O5S. The monoisotopic (exact) mass is 364 g/mol. The number of amides is 2. The van der Waals surface area contributed by atoms with E-state index in [1.165, 1.54) is 12.1 Å². The molecule has 0 bridgehead atoms. The molecule has 1 aromatic carbocycles. The molecule has 0 atom stereocenters. The summed E-state index contributed by atoms with van der Waals surface area (Å²) in [6.07, 6.45) is -0.742. The molecule has 1 aliphatic rings. The molecule has 130 valence electrons. The van der Waals surface area contributed by atoms with Gasteiger partial charge in [0.2, 0.25) is 0 Å². The Morgan fingerprint density at radius 3 is 2.72 bits per heavy atom. The van der Waals surface area contributed by atoms with Crippen molar-refractivity contribution in [3.8, 4) is 10.6 Å². The number of benzene rings is 1. The first-order valence-electron chi connectivity index (χ1n) is 7.33. The van der Waals surface area contributed by atoms with E-state index in [0.717, 1.165) is 16.2 Å². The topological polar surface area (TPSA) is 85.8 Å². The lowest BCUT2D eigenvalue weighted by Gasteiger charge is -2.10. The number of nitrogens with zero attached hydrogens (tertiary/aromatic N) is 2. The van der Waals surface area contributed by atoms with E-state index in [-0.39, 0.29) is 23.8 Å². The average molecular weight is 364 g/mol. The third kappa shape index (κ3) is 3.66. The normalized spacial score (nSPS) is 13.7. The Labute approximate surface area is 146 Å². The smallest absolute Gasteiger partial charge is 0.416 e. The molecule has 1 fully saturated rings. The highest BCUT2D eigenvalue weighted by Gasteiger charge is 2.29. The first-order valence-corrected chi connectivity index (χ1v) is 8.15. The van der Waals surface area contributed by atoms with Crippen LogP contribution in [-0.2, 0) is 14.3 Å². The highest BCUT2D eigenvalue weighted by Crippen LogP contribution is 2.28. The largest absolute Gasteiger partial charge is 0.451 e. The molecule has 1 aromatic heterocycles. The average Bonchev–Trinajstić information content (AvgIpc) is 3.19. The second kappa shape index (κ2) is 6.98. The molecule has 25 heavy (non-hydrogen) atoms. The van der Waals surface area contributed by atoms with Crippen LogP contribution in [0.4, 0.5) is 9.18 Å². The van der Waals surface area contributed by atoms with Gasteiger partial charge in [0, 0.05) is 5.56 Å². The summed E-state index contributed by atoms with van der Waals surface area (Å²) in [5, 5.41) is 0.541. The van der Waals surface area contributed by atoms with Crippen LogP contribution in [0.2, 0.25) is 0 Å². The van der Waals surface area contributed by atoms with Crippen LogP contribution in [0.25, 0.3) is 10.6 Å². The number of carbonyl (C=O) groups excluding carboxylic acids is 3. The van der Waals surface area contributed by atoms with E-state index < -0.39 is 24.6 Å². The Balaban J connectivity index is 1.67. The molecule has 1 aliphatic heterocycles. The second-order valence-electron chi connectivity index (χ2n) is 5.18. The summed E-state index contributed by atoms with van der Waals surface area (Å²) in [6.45, 7) is 1.36. The maximum Gasteiger partial charge on any atom is 0.416 e. The molecule has 2 heterocycles. The second-order valence-corrected chi connectivity index (χ2v) is 6.18. The molecule has 1 saturated heterocycles. The van der Waals surface area contributed by atoms with Gasteiger partial charge in [-0.1, -0.05) is 0 Å². The minimum atomic E-state index is -0.742. The number of thiazole rings is 1. The fourth-order valence-electron chi connectivity index (χ4n) is 2.19. The van der Waals surface area contributed by atoms with Crippen LogP contribution >= 0.6 is 11.3 Å². The predicted octanol–water partition coefficient (Wildman–Crippen LogP) is 2.39. The van der Waals surface area contributed by atoms with Crippen molar-refractivity contribution in [2.45, 2.75) is 6.92 Å². The molecule has 9 heteroatoms. The van der Waals surface area contributed by atoms with Gasteiger partial charge in [0.25, 0.3) is 5.91 Å². The van der Waals surface area contributed by atoms with Gasteiger partial charge in [-0.05, 0) is 31.2 Å². The van der Waals surface area contributed by atoms with Crippen molar-refractivity contribution in [2.75, 3.05) is 19.8 Å². The highest BCUT2D eigenvalue weighted by atomic mass is 32.1. The number of carbonyl (C=O) groups is 3. The standard InChI is InChI=1S/C16H13FN2O5S/c1-9-13(25-14(18-9)10-2-4-11(17)5-3-10)15(21)24-8-12(20)19-6-7-23-16(19)22/h2-5H,6-8H2,1H3. The van der Waals surface area contributed by atoms with Gasteiger partial charge >= 0.3 is 12.1 Å². The number of esters is 1. The zero-order valence-electron chi connectivity index (χ0n) is 13.2. The zero-order valence-corrected chi connectivity index (χ0v) is 14.0. The van der Waals surface area contributed by atoms with Crippen molar-refractivity contribution < 1.29 is 28.2 Å². The summed E-state index contributed by atoms with van der Waals surface area (Å²) in [4.78, 5) is 40.7. The number of aryl methyl sites for hydroxylation is 1. The molecular weight excluding hydrogens is 351 g/mol. The van der Waals surface area contributed by atoms with Crippen LogP contribution in [0.3, 0.4) is 0 Å². The third-order valence-corrected chi connectivity index (χ3v) is 4.65. The van der Waals surface area contributed by atoms with Crippen LogP contribution in [0.5, 0.6) is 0 Å². The third-order valence-electron chi connectivity index (χ3n) is 3.46. The van der Waals surface area contributed by atoms with Crippen LogP contribution in [0, 0.1) is 12.7 Å². The van der Waals surface area contributed by atoms with E-state index in [1.54, 1.807) is 19.1 Å². The van der Waals surface area contributed by atoms with Gasteiger partial charge in [-0.2, -0.15) is 0 Å². The Bertz CT molecular complexity index is 834. The van der Waals surface area contributed by atoms with Crippen LogP contribution in [0.1, 0.15) is 15.4 Å². The van der Waals surface area contributed by atoms with E-state index in [4.69, 9.17) is 4.74 Å². The molecule has 0 N–H and O–H groups in total. The number of halogens is 1. The number of hydrogen-bond acceptors (Lipinski definition) is 7. The molecule has 0 saturated carbocycles. The number of imide groups is 1. The predicted molar refractivity (Wildman–Crippen MR) is 85.6 cm³/mol. The summed E-state index contributed by atoms with van der Waals surface area (Å²) in [7, 11) is 0. The van der Waals surface area contributed by atoms with Crippen molar-refractivity contribution in [3.05, 3.63) is 40.7 Å². The number of aromatic nitrogens is 1. The maximum atomic E-state index is 13.0. The van der Waals surface area contributed by atoms with Gasteiger partial charge in [-0.25, -0.2) is 23.9 Å². The van der Waals surface area contributed by atoms with Gasteiger partial charge in [-0.3, -0.25) is 4.79 Å². The maximum absolute atomic E-state index is 13.0. The molecule has 2 amide bonds. The Hall–Kier alpha value is -2.81. The summed E-state index contributed by atoms with van der Waals surface area (Å²) in [6, 6.07) is 5.73. The first kappa shape index (κ1) is 17.0. The summed E-state index contributed by atoms with van der Waals surface area (Å²) >= 11 is 1.09. The Morgan fingerprint density at radius 2 is 2.08 bits per heavy atom.